The number of rotatable bonds is 4. The lowest BCUT2D eigenvalue weighted by molar-refractivity contribution is -0.120. The number of primary sulfonamides is 1. The molecule has 104 valence electrons. The molecule has 0 bridgehead atoms. The molecule has 1 amide bonds. The largest absolute Gasteiger partial charge is 0.326 e. The van der Waals surface area contributed by atoms with E-state index in [4.69, 9.17) is 5.14 Å². The van der Waals surface area contributed by atoms with Gasteiger partial charge in [-0.15, -0.1) is 0 Å². The summed E-state index contributed by atoms with van der Waals surface area (Å²) >= 11 is 0. The van der Waals surface area contributed by atoms with Crippen molar-refractivity contribution < 1.29 is 13.2 Å². The van der Waals surface area contributed by atoms with E-state index in [1.54, 1.807) is 12.1 Å². The molecular formula is C13H18N2O3S. The van der Waals surface area contributed by atoms with Crippen LogP contribution in [0.2, 0.25) is 0 Å². The SMILES string of the molecule is CCc1cc(NC(=O)C2(C)CC2)ccc1S(N)(=O)=O. The number of anilines is 1. The zero-order valence-electron chi connectivity index (χ0n) is 11.1. The van der Waals surface area contributed by atoms with Gasteiger partial charge in [0.2, 0.25) is 15.9 Å². The van der Waals surface area contributed by atoms with E-state index in [0.29, 0.717) is 17.7 Å². The first-order valence-corrected chi connectivity index (χ1v) is 7.78. The van der Waals surface area contributed by atoms with Gasteiger partial charge in [-0.2, -0.15) is 0 Å². The third kappa shape index (κ3) is 2.96. The summed E-state index contributed by atoms with van der Waals surface area (Å²) in [7, 11) is -3.72. The molecule has 0 spiro atoms. The molecule has 0 aromatic heterocycles. The summed E-state index contributed by atoms with van der Waals surface area (Å²) in [5.41, 5.74) is 0.967. The van der Waals surface area contributed by atoms with Crippen LogP contribution in [0.1, 0.15) is 32.3 Å². The quantitative estimate of drug-likeness (QED) is 0.879. The van der Waals surface area contributed by atoms with Crippen molar-refractivity contribution in [1.82, 2.24) is 0 Å². The molecule has 3 N–H and O–H groups in total. The van der Waals surface area contributed by atoms with Crippen molar-refractivity contribution in [2.75, 3.05) is 5.32 Å². The number of benzene rings is 1. The Kier molecular flexibility index (Phi) is 3.40. The number of sulfonamides is 1. The fourth-order valence-electron chi connectivity index (χ4n) is 1.91. The minimum absolute atomic E-state index is 0.0158. The summed E-state index contributed by atoms with van der Waals surface area (Å²) in [6.07, 6.45) is 2.33. The molecule has 0 radical (unpaired) electrons. The summed E-state index contributed by atoms with van der Waals surface area (Å²) in [6.45, 7) is 3.76. The van der Waals surface area contributed by atoms with E-state index >= 15 is 0 Å². The van der Waals surface area contributed by atoms with Gasteiger partial charge in [-0.05, 0) is 43.0 Å². The summed E-state index contributed by atoms with van der Waals surface area (Å²) in [5, 5.41) is 7.97. The van der Waals surface area contributed by atoms with Crippen LogP contribution in [-0.2, 0) is 21.2 Å². The third-order valence-electron chi connectivity index (χ3n) is 3.55. The topological polar surface area (TPSA) is 89.3 Å². The highest BCUT2D eigenvalue weighted by atomic mass is 32.2. The molecule has 1 saturated carbocycles. The van der Waals surface area contributed by atoms with Crippen LogP contribution >= 0.6 is 0 Å². The minimum Gasteiger partial charge on any atom is -0.326 e. The predicted octanol–water partition coefficient (Wildman–Crippen LogP) is 1.64. The molecular weight excluding hydrogens is 264 g/mol. The van der Waals surface area contributed by atoms with E-state index < -0.39 is 10.0 Å². The Balaban J connectivity index is 2.27. The van der Waals surface area contributed by atoms with Crippen molar-refractivity contribution in [3.8, 4) is 0 Å². The van der Waals surface area contributed by atoms with Crippen molar-refractivity contribution in [3.05, 3.63) is 23.8 Å². The molecule has 19 heavy (non-hydrogen) atoms. The van der Waals surface area contributed by atoms with Crippen LogP contribution in [0.3, 0.4) is 0 Å². The number of amides is 1. The van der Waals surface area contributed by atoms with Crippen LogP contribution in [0.15, 0.2) is 23.1 Å². The number of nitrogens with one attached hydrogen (secondary N) is 1. The lowest BCUT2D eigenvalue weighted by Crippen LogP contribution is -2.21. The summed E-state index contributed by atoms with van der Waals surface area (Å²) in [4.78, 5) is 12.0. The molecule has 2 rings (SSSR count). The van der Waals surface area contributed by atoms with Gasteiger partial charge in [0.25, 0.3) is 0 Å². The summed E-state index contributed by atoms with van der Waals surface area (Å²) in [6, 6.07) is 4.69. The van der Waals surface area contributed by atoms with Gasteiger partial charge in [0, 0.05) is 11.1 Å². The summed E-state index contributed by atoms with van der Waals surface area (Å²) in [5.74, 6) is -0.0158. The first-order valence-electron chi connectivity index (χ1n) is 6.23. The maximum absolute atomic E-state index is 11.9. The normalized spacial score (nSPS) is 17.0. The van der Waals surface area contributed by atoms with Gasteiger partial charge in [0.1, 0.15) is 0 Å². The summed E-state index contributed by atoms with van der Waals surface area (Å²) < 4.78 is 22.8. The minimum atomic E-state index is -3.72. The molecule has 1 aliphatic rings. The fourth-order valence-corrected chi connectivity index (χ4v) is 2.73. The van der Waals surface area contributed by atoms with Gasteiger partial charge >= 0.3 is 0 Å². The van der Waals surface area contributed by atoms with Crippen LogP contribution in [-0.4, -0.2) is 14.3 Å². The molecule has 0 atom stereocenters. The van der Waals surface area contributed by atoms with Gasteiger partial charge < -0.3 is 5.32 Å². The molecule has 1 aliphatic carbocycles. The van der Waals surface area contributed by atoms with Gasteiger partial charge in [-0.3, -0.25) is 4.79 Å². The van der Waals surface area contributed by atoms with Crippen molar-refractivity contribution >= 4 is 21.6 Å². The molecule has 0 saturated heterocycles. The Morgan fingerprint density at radius 3 is 2.53 bits per heavy atom. The van der Waals surface area contributed by atoms with Crippen LogP contribution in [0.25, 0.3) is 0 Å². The van der Waals surface area contributed by atoms with Crippen LogP contribution in [0, 0.1) is 5.41 Å². The average Bonchev–Trinajstić information content (AvgIpc) is 3.07. The van der Waals surface area contributed by atoms with Crippen molar-refractivity contribution in [2.24, 2.45) is 10.6 Å². The zero-order valence-corrected chi connectivity index (χ0v) is 11.9. The number of carbonyl (C=O) groups is 1. The first kappa shape index (κ1) is 14.0. The molecule has 0 aliphatic heterocycles. The zero-order chi connectivity index (χ0) is 14.3. The van der Waals surface area contributed by atoms with Crippen LogP contribution in [0.5, 0.6) is 0 Å². The highest BCUT2D eigenvalue weighted by Gasteiger charge is 2.44. The first-order chi connectivity index (χ1) is 8.76. The Hall–Kier alpha value is -1.40. The van der Waals surface area contributed by atoms with E-state index in [-0.39, 0.29) is 16.2 Å². The molecule has 1 aromatic rings. The Bertz CT molecular complexity index is 619. The Morgan fingerprint density at radius 1 is 1.42 bits per heavy atom. The van der Waals surface area contributed by atoms with Crippen molar-refractivity contribution in [3.63, 3.8) is 0 Å². The fraction of sp³-hybridized carbons (Fsp3) is 0.462. The highest BCUT2D eigenvalue weighted by Crippen LogP contribution is 2.45. The molecule has 0 heterocycles. The molecule has 1 aromatic carbocycles. The third-order valence-corrected chi connectivity index (χ3v) is 4.57. The van der Waals surface area contributed by atoms with Crippen LogP contribution < -0.4 is 10.5 Å². The Morgan fingerprint density at radius 2 is 2.05 bits per heavy atom. The van der Waals surface area contributed by atoms with Gasteiger partial charge in [-0.1, -0.05) is 13.8 Å². The van der Waals surface area contributed by atoms with E-state index in [1.807, 2.05) is 13.8 Å². The second-order valence-electron chi connectivity index (χ2n) is 5.24. The Labute approximate surface area is 113 Å². The van der Waals surface area contributed by atoms with E-state index in [9.17, 15) is 13.2 Å². The maximum atomic E-state index is 11.9. The lowest BCUT2D eigenvalue weighted by atomic mass is 10.1. The highest BCUT2D eigenvalue weighted by molar-refractivity contribution is 7.89. The molecule has 0 unspecified atom stereocenters. The van der Waals surface area contributed by atoms with Gasteiger partial charge in [-0.25, -0.2) is 13.6 Å². The number of hydrogen-bond donors (Lipinski definition) is 2. The predicted molar refractivity (Wildman–Crippen MR) is 73.2 cm³/mol. The van der Waals surface area contributed by atoms with E-state index in [2.05, 4.69) is 5.32 Å². The molecule has 6 heteroatoms. The van der Waals surface area contributed by atoms with Crippen molar-refractivity contribution in [2.45, 2.75) is 38.0 Å². The number of aryl methyl sites for hydroxylation is 1. The van der Waals surface area contributed by atoms with Gasteiger partial charge in [0.15, 0.2) is 0 Å². The van der Waals surface area contributed by atoms with Gasteiger partial charge in [0.05, 0.1) is 4.90 Å². The molecule has 1 fully saturated rings. The van der Waals surface area contributed by atoms with Crippen molar-refractivity contribution in [1.29, 1.82) is 0 Å². The number of hydrogen-bond acceptors (Lipinski definition) is 3. The number of carbonyl (C=O) groups excluding carboxylic acids is 1. The second kappa shape index (κ2) is 4.61. The second-order valence-corrected chi connectivity index (χ2v) is 6.77. The lowest BCUT2D eigenvalue weighted by Gasteiger charge is -2.12. The average molecular weight is 282 g/mol. The van der Waals surface area contributed by atoms with E-state index in [0.717, 1.165) is 12.8 Å². The standard InChI is InChI=1S/C13H18N2O3S/c1-3-9-8-10(4-5-11(9)19(14,17)18)15-12(16)13(2)6-7-13/h4-5,8H,3,6-7H2,1-2H3,(H,15,16)(H2,14,17,18). The maximum Gasteiger partial charge on any atom is 0.238 e. The number of nitrogens with two attached hydrogens (primary N) is 1. The van der Waals surface area contributed by atoms with Crippen LogP contribution in [0.4, 0.5) is 5.69 Å². The van der Waals surface area contributed by atoms with E-state index in [1.165, 1.54) is 6.07 Å². The molecule has 5 nitrogen and oxygen atoms in total. The smallest absolute Gasteiger partial charge is 0.238 e. The monoisotopic (exact) mass is 282 g/mol.